The van der Waals surface area contributed by atoms with E-state index in [0.29, 0.717) is 18.4 Å². The molecule has 0 unspecified atom stereocenters. The van der Waals surface area contributed by atoms with Crippen LogP contribution in [0.15, 0.2) is 30.6 Å². The Balaban J connectivity index is 1.47. The molecule has 2 aromatic heterocycles. The Morgan fingerprint density at radius 3 is 2.64 bits per heavy atom. The van der Waals surface area contributed by atoms with Crippen LogP contribution >= 0.6 is 0 Å². The molecule has 0 spiro atoms. The second kappa shape index (κ2) is 9.43. The first-order valence-corrected chi connectivity index (χ1v) is 9.82. The molecular formula is C20H28N6O2. The summed E-state index contributed by atoms with van der Waals surface area (Å²) in [7, 11) is 0. The average Bonchev–Trinajstić information content (AvgIpc) is 3.10. The normalized spacial score (nSPS) is 20.4. The number of amides is 2. The summed E-state index contributed by atoms with van der Waals surface area (Å²) >= 11 is 0. The molecule has 8 heteroatoms. The third-order valence-electron chi connectivity index (χ3n) is 5.27. The van der Waals surface area contributed by atoms with Crippen molar-refractivity contribution in [2.45, 2.75) is 52.1 Å². The largest absolute Gasteiger partial charge is 0.354 e. The molecule has 2 amide bonds. The van der Waals surface area contributed by atoms with Gasteiger partial charge in [0.25, 0.3) is 0 Å². The lowest BCUT2D eigenvalue weighted by Gasteiger charge is -2.34. The van der Waals surface area contributed by atoms with Gasteiger partial charge in [-0.15, -0.1) is 5.10 Å². The van der Waals surface area contributed by atoms with E-state index in [0.717, 1.165) is 37.1 Å². The summed E-state index contributed by atoms with van der Waals surface area (Å²) in [6, 6.07) is 5.76. The lowest BCUT2D eigenvalue weighted by atomic mass is 9.77. The zero-order valence-electron chi connectivity index (χ0n) is 16.5. The van der Waals surface area contributed by atoms with Crippen molar-refractivity contribution in [1.29, 1.82) is 0 Å². The lowest BCUT2D eigenvalue weighted by Crippen LogP contribution is -2.37. The van der Waals surface area contributed by atoms with E-state index in [9.17, 15) is 9.59 Å². The minimum atomic E-state index is -0.0511. The molecular weight excluding hydrogens is 356 g/mol. The van der Waals surface area contributed by atoms with E-state index in [-0.39, 0.29) is 24.4 Å². The number of nitrogens with zero attached hydrogens (tertiary/aromatic N) is 4. The predicted molar refractivity (Wildman–Crippen MR) is 104 cm³/mol. The van der Waals surface area contributed by atoms with Gasteiger partial charge in [-0.05, 0) is 56.6 Å². The van der Waals surface area contributed by atoms with E-state index in [1.807, 2.05) is 25.1 Å². The molecule has 0 aliphatic heterocycles. The van der Waals surface area contributed by atoms with Crippen molar-refractivity contribution in [3.63, 3.8) is 0 Å². The van der Waals surface area contributed by atoms with E-state index in [1.54, 1.807) is 24.0 Å². The molecule has 1 aliphatic rings. The number of aryl methyl sites for hydroxylation is 1. The molecule has 1 aliphatic carbocycles. The number of rotatable bonds is 7. The maximum Gasteiger partial charge on any atom is 0.241 e. The fourth-order valence-electron chi connectivity index (χ4n) is 3.87. The smallest absolute Gasteiger partial charge is 0.241 e. The van der Waals surface area contributed by atoms with Gasteiger partial charge >= 0.3 is 0 Å². The highest BCUT2D eigenvalue weighted by atomic mass is 16.2. The minimum absolute atomic E-state index is 0.0339. The van der Waals surface area contributed by atoms with Gasteiger partial charge in [0.2, 0.25) is 11.8 Å². The van der Waals surface area contributed by atoms with Crippen LogP contribution in [0.2, 0.25) is 0 Å². The van der Waals surface area contributed by atoms with Gasteiger partial charge in [0.15, 0.2) is 0 Å². The quantitative estimate of drug-likeness (QED) is 0.758. The molecule has 3 rings (SSSR count). The third kappa shape index (κ3) is 5.61. The maximum atomic E-state index is 12.1. The summed E-state index contributed by atoms with van der Waals surface area (Å²) in [6.07, 6.45) is 7.58. The molecule has 0 saturated heterocycles. The summed E-state index contributed by atoms with van der Waals surface area (Å²) in [5.41, 5.74) is 1.71. The summed E-state index contributed by atoms with van der Waals surface area (Å²) in [4.78, 5) is 28.2. The van der Waals surface area contributed by atoms with Crippen molar-refractivity contribution in [2.24, 2.45) is 11.8 Å². The Kier molecular flexibility index (Phi) is 6.73. The molecule has 1 fully saturated rings. The van der Waals surface area contributed by atoms with Gasteiger partial charge in [-0.2, -0.15) is 0 Å². The highest BCUT2D eigenvalue weighted by Crippen LogP contribution is 2.36. The Morgan fingerprint density at radius 1 is 1.25 bits per heavy atom. The van der Waals surface area contributed by atoms with Crippen molar-refractivity contribution in [1.82, 2.24) is 30.6 Å². The molecule has 1 atom stereocenters. The first-order valence-electron chi connectivity index (χ1n) is 9.82. The highest BCUT2D eigenvalue weighted by Gasteiger charge is 2.30. The first kappa shape index (κ1) is 20.0. The second-order valence-electron chi connectivity index (χ2n) is 7.58. The topological polar surface area (TPSA) is 102 Å². The van der Waals surface area contributed by atoms with Crippen molar-refractivity contribution >= 4 is 11.8 Å². The van der Waals surface area contributed by atoms with Crippen LogP contribution < -0.4 is 10.6 Å². The van der Waals surface area contributed by atoms with E-state index in [1.165, 1.54) is 0 Å². The van der Waals surface area contributed by atoms with Gasteiger partial charge in [0.1, 0.15) is 6.54 Å². The molecule has 0 aromatic carbocycles. The maximum absolute atomic E-state index is 12.1. The molecule has 150 valence electrons. The number of carbonyl (C=O) groups excluding carboxylic acids is 2. The Labute approximate surface area is 165 Å². The average molecular weight is 384 g/mol. The second-order valence-corrected chi connectivity index (χ2v) is 7.58. The van der Waals surface area contributed by atoms with Crippen LogP contribution in [-0.4, -0.2) is 38.3 Å². The van der Waals surface area contributed by atoms with Gasteiger partial charge in [0.05, 0.1) is 17.4 Å². The molecule has 2 heterocycles. The van der Waals surface area contributed by atoms with Gasteiger partial charge in [-0.1, -0.05) is 11.3 Å². The first-order chi connectivity index (χ1) is 13.5. The van der Waals surface area contributed by atoms with Crippen LogP contribution in [0.25, 0.3) is 0 Å². The number of carbonyl (C=O) groups is 2. The van der Waals surface area contributed by atoms with Crippen LogP contribution in [-0.2, 0) is 16.1 Å². The van der Waals surface area contributed by atoms with Crippen LogP contribution in [0.5, 0.6) is 0 Å². The van der Waals surface area contributed by atoms with Crippen LogP contribution in [0.3, 0.4) is 0 Å². The standard InChI is InChI=1S/C20H28N6O2/c1-14-12-26(25-24-14)13-19(28)22-11-16-6-8-17(9-7-16)20(23-15(2)27)18-5-3-4-10-21-18/h3-5,10,12,16-17,20H,6-9,11,13H2,1-2H3,(H,22,28)(H,23,27)/t16?,17?,20-/m1/s1. The van der Waals surface area contributed by atoms with Crippen molar-refractivity contribution < 1.29 is 9.59 Å². The lowest BCUT2D eigenvalue weighted by molar-refractivity contribution is -0.122. The SMILES string of the molecule is CC(=O)N[C@@H](c1ccccn1)C1CCC(CNC(=O)Cn2cc(C)nn2)CC1. The highest BCUT2D eigenvalue weighted by molar-refractivity contribution is 5.75. The zero-order valence-corrected chi connectivity index (χ0v) is 16.5. The molecule has 0 radical (unpaired) electrons. The molecule has 2 N–H and O–H groups in total. The molecule has 8 nitrogen and oxygen atoms in total. The molecule has 0 bridgehead atoms. The van der Waals surface area contributed by atoms with E-state index < -0.39 is 0 Å². The van der Waals surface area contributed by atoms with Gasteiger partial charge in [-0.3, -0.25) is 14.6 Å². The summed E-state index contributed by atoms with van der Waals surface area (Å²) in [5.74, 6) is 0.744. The van der Waals surface area contributed by atoms with E-state index in [4.69, 9.17) is 0 Å². The monoisotopic (exact) mass is 384 g/mol. The zero-order chi connectivity index (χ0) is 19.9. The summed E-state index contributed by atoms with van der Waals surface area (Å²) < 4.78 is 1.55. The summed E-state index contributed by atoms with van der Waals surface area (Å²) in [6.45, 7) is 4.26. The van der Waals surface area contributed by atoms with Crippen molar-refractivity contribution in [3.05, 3.63) is 42.0 Å². The fourth-order valence-corrected chi connectivity index (χ4v) is 3.87. The third-order valence-corrected chi connectivity index (χ3v) is 5.27. The van der Waals surface area contributed by atoms with Crippen molar-refractivity contribution in [2.75, 3.05) is 6.54 Å². The number of pyridine rings is 1. The van der Waals surface area contributed by atoms with Crippen LogP contribution in [0, 0.1) is 18.8 Å². The Hall–Kier alpha value is -2.77. The molecule has 28 heavy (non-hydrogen) atoms. The number of nitrogens with one attached hydrogen (secondary N) is 2. The fraction of sp³-hybridized carbons (Fsp3) is 0.550. The number of hydrogen-bond acceptors (Lipinski definition) is 5. The van der Waals surface area contributed by atoms with Gasteiger partial charge in [0, 0.05) is 25.9 Å². The molecule has 1 saturated carbocycles. The van der Waals surface area contributed by atoms with Gasteiger partial charge in [-0.25, -0.2) is 4.68 Å². The van der Waals surface area contributed by atoms with E-state index in [2.05, 4.69) is 25.9 Å². The van der Waals surface area contributed by atoms with Crippen LogP contribution in [0.1, 0.15) is 50.0 Å². The Bertz CT molecular complexity index is 783. The number of hydrogen-bond donors (Lipinski definition) is 2. The predicted octanol–water partition coefficient (Wildman–Crippen LogP) is 1.78. The Morgan fingerprint density at radius 2 is 2.04 bits per heavy atom. The minimum Gasteiger partial charge on any atom is -0.354 e. The molecule has 2 aromatic rings. The van der Waals surface area contributed by atoms with E-state index >= 15 is 0 Å². The number of aromatic nitrogens is 4. The van der Waals surface area contributed by atoms with Crippen LogP contribution in [0.4, 0.5) is 0 Å². The summed E-state index contributed by atoms with van der Waals surface area (Å²) in [5, 5.41) is 13.9. The van der Waals surface area contributed by atoms with Gasteiger partial charge < -0.3 is 10.6 Å². The van der Waals surface area contributed by atoms with Crippen molar-refractivity contribution in [3.8, 4) is 0 Å².